The molecule has 4 rings (SSSR count). The Balaban J connectivity index is 1.34. The minimum atomic E-state index is -3.68. The lowest BCUT2D eigenvalue weighted by atomic mass is 9.95. The Morgan fingerprint density at radius 2 is 1.78 bits per heavy atom. The van der Waals surface area contributed by atoms with Crippen molar-refractivity contribution in [3.8, 4) is 0 Å². The molecule has 7 nitrogen and oxygen atoms in total. The molecule has 0 spiro atoms. The van der Waals surface area contributed by atoms with Crippen molar-refractivity contribution in [2.75, 3.05) is 18.4 Å². The molecule has 2 amide bonds. The molecule has 2 N–H and O–H groups in total. The van der Waals surface area contributed by atoms with Gasteiger partial charge in [0, 0.05) is 31.2 Å². The first-order valence-electron chi connectivity index (χ1n) is 12.1. The highest BCUT2D eigenvalue weighted by molar-refractivity contribution is 7.89. The van der Waals surface area contributed by atoms with Crippen molar-refractivity contribution in [3.63, 3.8) is 0 Å². The number of anilines is 1. The first kappa shape index (κ1) is 25.6. The van der Waals surface area contributed by atoms with Crippen molar-refractivity contribution < 1.29 is 18.0 Å². The van der Waals surface area contributed by atoms with E-state index in [1.165, 1.54) is 22.5 Å². The van der Waals surface area contributed by atoms with E-state index in [1.54, 1.807) is 12.1 Å². The van der Waals surface area contributed by atoms with E-state index in [9.17, 15) is 18.0 Å². The van der Waals surface area contributed by atoms with Gasteiger partial charge in [0.2, 0.25) is 21.8 Å². The van der Waals surface area contributed by atoms with Gasteiger partial charge in [0.15, 0.2) is 0 Å². The Bertz CT molecular complexity index is 1360. The number of nitrogens with zero attached hydrogens (tertiary/aromatic N) is 1. The van der Waals surface area contributed by atoms with Crippen LogP contribution in [0.4, 0.5) is 5.69 Å². The van der Waals surface area contributed by atoms with Gasteiger partial charge in [0.1, 0.15) is 0 Å². The zero-order valence-electron chi connectivity index (χ0n) is 20.3. The maximum absolute atomic E-state index is 13.2. The molecule has 1 aliphatic heterocycles. The smallest absolute Gasteiger partial charge is 0.243 e. The van der Waals surface area contributed by atoms with Crippen LogP contribution in [0.1, 0.15) is 25.3 Å². The molecule has 3 aromatic rings. The molecule has 0 saturated carbocycles. The normalized spacial score (nSPS) is 18.5. The number of piperidine rings is 1. The number of hydrogen-bond donors (Lipinski definition) is 2. The molecule has 3 aromatic carbocycles. The maximum Gasteiger partial charge on any atom is 0.243 e. The summed E-state index contributed by atoms with van der Waals surface area (Å²) in [7, 11) is -3.68. The van der Waals surface area contributed by atoms with Crippen LogP contribution in [0, 0.1) is 5.92 Å². The number of aryl methyl sites for hydroxylation is 1. The average Bonchev–Trinajstić information content (AvgIpc) is 2.88. The molecular formula is C28H31N3O4S. The second-order valence-electron chi connectivity index (χ2n) is 9.16. The van der Waals surface area contributed by atoms with Crippen LogP contribution in [0.5, 0.6) is 0 Å². The molecule has 0 aromatic heterocycles. The number of carbonyl (C=O) groups is 2. The molecule has 1 saturated heterocycles. The van der Waals surface area contributed by atoms with E-state index in [2.05, 4.69) is 35.4 Å². The number of amides is 2. The predicted molar refractivity (Wildman–Crippen MR) is 142 cm³/mol. The van der Waals surface area contributed by atoms with E-state index in [4.69, 9.17) is 0 Å². The van der Waals surface area contributed by atoms with Gasteiger partial charge in [-0.1, -0.05) is 56.0 Å². The monoisotopic (exact) mass is 505 g/mol. The number of fused-ring (bicyclic) bond motifs is 1. The first-order valence-corrected chi connectivity index (χ1v) is 13.5. The Labute approximate surface area is 212 Å². The minimum absolute atomic E-state index is 0.0299. The molecule has 2 unspecified atom stereocenters. The summed E-state index contributed by atoms with van der Waals surface area (Å²) in [5.74, 6) is -0.411. The maximum atomic E-state index is 13.2. The lowest BCUT2D eigenvalue weighted by Crippen LogP contribution is -2.51. The van der Waals surface area contributed by atoms with E-state index in [0.717, 1.165) is 16.3 Å². The van der Waals surface area contributed by atoms with Crippen LogP contribution in [0.3, 0.4) is 0 Å². The van der Waals surface area contributed by atoms with E-state index in [0.29, 0.717) is 38.0 Å². The third-order valence-corrected chi connectivity index (χ3v) is 8.54. The van der Waals surface area contributed by atoms with Gasteiger partial charge < -0.3 is 10.6 Å². The Kier molecular flexibility index (Phi) is 7.86. The first-order chi connectivity index (χ1) is 17.3. The molecule has 0 aliphatic carbocycles. The zero-order chi connectivity index (χ0) is 25.7. The standard InChI is InChI=1S/C28H31N3O4S/c1-3-27(32)30-26-17-18-31(19-20(26)2)36(34,35)24-14-12-23(13-15-24)29-28(33)16-11-22-9-6-8-21-7-4-5-10-25(21)22/h3-10,12-15,20,26H,1,11,16-19H2,2H3,(H,29,33)(H,30,32). The van der Waals surface area contributed by atoms with Gasteiger partial charge in [-0.2, -0.15) is 4.31 Å². The number of sulfonamides is 1. The molecule has 2 atom stereocenters. The summed E-state index contributed by atoms with van der Waals surface area (Å²) in [5.41, 5.74) is 1.67. The quantitative estimate of drug-likeness (QED) is 0.451. The van der Waals surface area contributed by atoms with Crippen LogP contribution in [-0.2, 0) is 26.0 Å². The molecule has 1 heterocycles. The predicted octanol–water partition coefficient (Wildman–Crippen LogP) is 4.11. The third kappa shape index (κ3) is 5.83. The summed E-state index contributed by atoms with van der Waals surface area (Å²) >= 11 is 0. The van der Waals surface area contributed by atoms with Gasteiger partial charge in [-0.3, -0.25) is 9.59 Å². The summed E-state index contributed by atoms with van der Waals surface area (Å²) in [4.78, 5) is 24.3. The molecule has 188 valence electrons. The van der Waals surface area contributed by atoms with Crippen LogP contribution in [0.2, 0.25) is 0 Å². The van der Waals surface area contributed by atoms with E-state index in [-0.39, 0.29) is 28.7 Å². The molecule has 8 heteroatoms. The van der Waals surface area contributed by atoms with E-state index >= 15 is 0 Å². The Morgan fingerprint density at radius 3 is 2.50 bits per heavy atom. The highest BCUT2D eigenvalue weighted by atomic mass is 32.2. The average molecular weight is 506 g/mol. The molecule has 1 aliphatic rings. The van der Waals surface area contributed by atoms with Gasteiger partial charge in [0.05, 0.1) is 4.90 Å². The van der Waals surface area contributed by atoms with Crippen molar-refractivity contribution in [2.45, 2.75) is 37.1 Å². The fourth-order valence-corrected chi connectivity index (χ4v) is 6.18. The second kappa shape index (κ2) is 11.1. The molecular weight excluding hydrogens is 474 g/mol. The summed E-state index contributed by atoms with van der Waals surface area (Å²) < 4.78 is 27.8. The topological polar surface area (TPSA) is 95.6 Å². The molecule has 0 bridgehead atoms. The van der Waals surface area contributed by atoms with Gasteiger partial charge in [-0.05, 0) is 65.4 Å². The van der Waals surface area contributed by atoms with Crippen molar-refractivity contribution in [3.05, 3.63) is 84.9 Å². The van der Waals surface area contributed by atoms with Crippen molar-refractivity contribution >= 4 is 38.3 Å². The van der Waals surface area contributed by atoms with Crippen molar-refractivity contribution in [1.29, 1.82) is 0 Å². The molecule has 0 radical (unpaired) electrons. The van der Waals surface area contributed by atoms with Crippen LogP contribution in [0.15, 0.2) is 84.3 Å². The Morgan fingerprint density at radius 1 is 1.06 bits per heavy atom. The van der Waals surface area contributed by atoms with Crippen LogP contribution in [0.25, 0.3) is 10.8 Å². The summed E-state index contributed by atoms with van der Waals surface area (Å²) in [6.07, 6.45) is 2.69. The highest BCUT2D eigenvalue weighted by Crippen LogP contribution is 2.25. The van der Waals surface area contributed by atoms with Gasteiger partial charge in [-0.15, -0.1) is 0 Å². The molecule has 1 fully saturated rings. The summed E-state index contributed by atoms with van der Waals surface area (Å²) in [6.45, 7) is 6.02. The van der Waals surface area contributed by atoms with Gasteiger partial charge in [-0.25, -0.2) is 8.42 Å². The number of nitrogens with one attached hydrogen (secondary N) is 2. The number of benzene rings is 3. The summed E-state index contributed by atoms with van der Waals surface area (Å²) in [5, 5.41) is 8.01. The van der Waals surface area contributed by atoms with E-state index in [1.807, 2.05) is 31.2 Å². The van der Waals surface area contributed by atoms with Crippen molar-refractivity contribution in [1.82, 2.24) is 9.62 Å². The highest BCUT2D eigenvalue weighted by Gasteiger charge is 2.33. The number of carbonyl (C=O) groups excluding carboxylic acids is 2. The lowest BCUT2D eigenvalue weighted by molar-refractivity contribution is -0.118. The van der Waals surface area contributed by atoms with Gasteiger partial charge >= 0.3 is 0 Å². The fourth-order valence-electron chi connectivity index (χ4n) is 4.62. The minimum Gasteiger partial charge on any atom is -0.349 e. The number of hydrogen-bond acceptors (Lipinski definition) is 4. The van der Waals surface area contributed by atoms with Crippen LogP contribution in [-0.4, -0.2) is 43.7 Å². The lowest BCUT2D eigenvalue weighted by Gasteiger charge is -2.36. The fraction of sp³-hybridized carbons (Fsp3) is 0.286. The van der Waals surface area contributed by atoms with Crippen molar-refractivity contribution in [2.24, 2.45) is 5.92 Å². The zero-order valence-corrected chi connectivity index (χ0v) is 21.1. The van der Waals surface area contributed by atoms with E-state index < -0.39 is 10.0 Å². The Hall–Kier alpha value is -3.49. The molecule has 36 heavy (non-hydrogen) atoms. The number of rotatable bonds is 8. The summed E-state index contributed by atoms with van der Waals surface area (Å²) in [6, 6.07) is 20.4. The second-order valence-corrected chi connectivity index (χ2v) is 11.1. The largest absolute Gasteiger partial charge is 0.349 e. The van der Waals surface area contributed by atoms with Crippen LogP contribution < -0.4 is 10.6 Å². The van der Waals surface area contributed by atoms with Crippen LogP contribution >= 0.6 is 0 Å². The van der Waals surface area contributed by atoms with Gasteiger partial charge in [0.25, 0.3) is 0 Å². The third-order valence-electron chi connectivity index (χ3n) is 6.66. The SMILES string of the molecule is C=CC(=O)NC1CCN(S(=O)(=O)c2ccc(NC(=O)CCc3cccc4ccccc34)cc2)CC1C.